The molecule has 2 rings (SSSR count). The largest absolute Gasteiger partial charge is 0.327 e. The summed E-state index contributed by atoms with van der Waals surface area (Å²) in [7, 11) is 0. The average Bonchev–Trinajstić information content (AvgIpc) is 2.60. The summed E-state index contributed by atoms with van der Waals surface area (Å²) >= 11 is 0. The topological polar surface area (TPSA) is 56.7 Å². The molecule has 0 aromatic carbocycles. The zero-order valence-corrected chi connectivity index (χ0v) is 10.1. The smallest absolute Gasteiger partial charge is 0.138 e. The van der Waals surface area contributed by atoms with E-state index >= 15 is 0 Å². The summed E-state index contributed by atoms with van der Waals surface area (Å²) in [6.45, 7) is 3.10. The van der Waals surface area contributed by atoms with Crippen LogP contribution in [0.4, 0.5) is 0 Å². The predicted molar refractivity (Wildman–Crippen MR) is 64.0 cm³/mol. The number of nitrogens with zero attached hydrogens (tertiary/aromatic N) is 3. The molecule has 4 nitrogen and oxygen atoms in total. The summed E-state index contributed by atoms with van der Waals surface area (Å²) in [6.07, 6.45) is 8.89. The lowest BCUT2D eigenvalue weighted by Gasteiger charge is -2.27. The van der Waals surface area contributed by atoms with Gasteiger partial charge in [-0.15, -0.1) is 0 Å². The van der Waals surface area contributed by atoms with E-state index in [1.165, 1.54) is 19.3 Å². The summed E-state index contributed by atoms with van der Waals surface area (Å²) in [5.74, 6) is 1.92. The maximum absolute atomic E-state index is 6.16. The Kier molecular flexibility index (Phi) is 3.93. The number of aromatic nitrogens is 3. The second kappa shape index (κ2) is 5.43. The minimum atomic E-state index is 0.255. The SMILES string of the molecule is CCCn1ncnc1CC(N)CC1CCC1. The first-order valence-corrected chi connectivity index (χ1v) is 6.42. The lowest BCUT2D eigenvalue weighted by atomic mass is 9.80. The fourth-order valence-corrected chi connectivity index (χ4v) is 2.32. The molecule has 0 spiro atoms. The van der Waals surface area contributed by atoms with Crippen LogP contribution in [0.2, 0.25) is 0 Å². The molecule has 4 heteroatoms. The van der Waals surface area contributed by atoms with Gasteiger partial charge in [0.1, 0.15) is 12.2 Å². The first-order chi connectivity index (χ1) is 7.79. The normalized spacial score (nSPS) is 18.4. The summed E-state index contributed by atoms with van der Waals surface area (Å²) < 4.78 is 1.99. The predicted octanol–water partition coefficient (Wildman–Crippen LogP) is 1.75. The summed E-state index contributed by atoms with van der Waals surface area (Å²) in [6, 6.07) is 0.255. The van der Waals surface area contributed by atoms with Gasteiger partial charge in [0.2, 0.25) is 0 Å². The Hall–Kier alpha value is -0.900. The second-order valence-corrected chi connectivity index (χ2v) is 4.90. The molecule has 1 aromatic heterocycles. The number of aryl methyl sites for hydroxylation is 1. The van der Waals surface area contributed by atoms with E-state index in [2.05, 4.69) is 17.0 Å². The van der Waals surface area contributed by atoms with Crippen LogP contribution in [0.1, 0.15) is 44.9 Å². The van der Waals surface area contributed by atoms with Crippen molar-refractivity contribution in [3.63, 3.8) is 0 Å². The molecule has 1 heterocycles. The molecule has 1 saturated carbocycles. The Balaban J connectivity index is 1.84. The van der Waals surface area contributed by atoms with Crippen molar-refractivity contribution in [2.45, 2.75) is 58.0 Å². The molecule has 1 fully saturated rings. The molecule has 16 heavy (non-hydrogen) atoms. The number of nitrogens with two attached hydrogens (primary N) is 1. The van der Waals surface area contributed by atoms with Crippen LogP contribution in [0.3, 0.4) is 0 Å². The van der Waals surface area contributed by atoms with E-state index < -0.39 is 0 Å². The fourth-order valence-electron chi connectivity index (χ4n) is 2.32. The number of hydrogen-bond acceptors (Lipinski definition) is 3. The Bertz CT molecular complexity index is 317. The molecule has 0 bridgehead atoms. The van der Waals surface area contributed by atoms with Crippen molar-refractivity contribution in [2.75, 3.05) is 0 Å². The zero-order valence-electron chi connectivity index (χ0n) is 10.1. The average molecular weight is 222 g/mol. The minimum Gasteiger partial charge on any atom is -0.327 e. The Morgan fingerprint density at radius 2 is 2.38 bits per heavy atom. The van der Waals surface area contributed by atoms with Crippen LogP contribution in [0, 0.1) is 5.92 Å². The fraction of sp³-hybridized carbons (Fsp3) is 0.833. The van der Waals surface area contributed by atoms with Gasteiger partial charge in [-0.05, 0) is 18.8 Å². The van der Waals surface area contributed by atoms with Crippen LogP contribution in [0.5, 0.6) is 0 Å². The monoisotopic (exact) mass is 222 g/mol. The van der Waals surface area contributed by atoms with Crippen molar-refractivity contribution < 1.29 is 0 Å². The highest BCUT2D eigenvalue weighted by Gasteiger charge is 2.21. The van der Waals surface area contributed by atoms with Crippen molar-refractivity contribution in [1.82, 2.24) is 14.8 Å². The minimum absolute atomic E-state index is 0.255. The van der Waals surface area contributed by atoms with Crippen molar-refractivity contribution in [3.8, 4) is 0 Å². The highest BCUT2D eigenvalue weighted by atomic mass is 15.3. The standard InChI is InChI=1S/C12H22N4/c1-2-6-16-12(14-9-15-16)8-11(13)7-10-4-3-5-10/h9-11H,2-8,13H2,1H3. The van der Waals surface area contributed by atoms with Crippen LogP contribution in [-0.2, 0) is 13.0 Å². The Labute approximate surface area is 97.2 Å². The molecule has 1 aromatic rings. The molecule has 1 aliphatic rings. The van der Waals surface area contributed by atoms with Gasteiger partial charge >= 0.3 is 0 Å². The van der Waals surface area contributed by atoms with E-state index in [1.807, 2.05) is 4.68 Å². The van der Waals surface area contributed by atoms with Crippen LogP contribution in [-0.4, -0.2) is 20.8 Å². The van der Waals surface area contributed by atoms with E-state index in [9.17, 15) is 0 Å². The van der Waals surface area contributed by atoms with Crippen LogP contribution in [0.15, 0.2) is 6.33 Å². The van der Waals surface area contributed by atoms with Gasteiger partial charge < -0.3 is 5.73 Å². The van der Waals surface area contributed by atoms with Gasteiger partial charge in [-0.1, -0.05) is 26.2 Å². The summed E-state index contributed by atoms with van der Waals surface area (Å²) in [4.78, 5) is 4.30. The molecule has 90 valence electrons. The third-order valence-electron chi connectivity index (χ3n) is 3.44. The molecule has 0 saturated heterocycles. The van der Waals surface area contributed by atoms with Crippen LogP contribution in [0.25, 0.3) is 0 Å². The zero-order chi connectivity index (χ0) is 11.4. The summed E-state index contributed by atoms with van der Waals surface area (Å²) in [5, 5.41) is 4.22. The molecule has 0 radical (unpaired) electrons. The third kappa shape index (κ3) is 2.82. The van der Waals surface area contributed by atoms with Crippen molar-refractivity contribution in [1.29, 1.82) is 0 Å². The Morgan fingerprint density at radius 3 is 3.00 bits per heavy atom. The molecule has 0 aliphatic heterocycles. The van der Waals surface area contributed by atoms with Gasteiger partial charge in [0.05, 0.1) is 0 Å². The second-order valence-electron chi connectivity index (χ2n) is 4.90. The number of hydrogen-bond donors (Lipinski definition) is 1. The van der Waals surface area contributed by atoms with Crippen LogP contribution >= 0.6 is 0 Å². The summed E-state index contributed by atoms with van der Waals surface area (Å²) in [5.41, 5.74) is 6.16. The van der Waals surface area contributed by atoms with Gasteiger partial charge in [0, 0.05) is 19.0 Å². The Morgan fingerprint density at radius 1 is 1.56 bits per heavy atom. The maximum atomic E-state index is 6.16. The van der Waals surface area contributed by atoms with Crippen molar-refractivity contribution >= 4 is 0 Å². The molecule has 2 N–H and O–H groups in total. The molecule has 1 unspecified atom stereocenters. The van der Waals surface area contributed by atoms with E-state index in [1.54, 1.807) is 6.33 Å². The maximum Gasteiger partial charge on any atom is 0.138 e. The van der Waals surface area contributed by atoms with E-state index in [4.69, 9.17) is 5.73 Å². The van der Waals surface area contributed by atoms with Crippen molar-refractivity contribution in [2.24, 2.45) is 11.7 Å². The molecule has 1 aliphatic carbocycles. The van der Waals surface area contributed by atoms with Crippen LogP contribution < -0.4 is 5.73 Å². The van der Waals surface area contributed by atoms with Gasteiger partial charge in [-0.2, -0.15) is 5.10 Å². The first kappa shape index (κ1) is 11.6. The third-order valence-corrected chi connectivity index (χ3v) is 3.44. The molecule has 0 amide bonds. The van der Waals surface area contributed by atoms with Gasteiger partial charge in [0.25, 0.3) is 0 Å². The van der Waals surface area contributed by atoms with Gasteiger partial charge in [-0.25, -0.2) is 4.98 Å². The molecule has 1 atom stereocenters. The van der Waals surface area contributed by atoms with Gasteiger partial charge in [0.15, 0.2) is 0 Å². The molecular weight excluding hydrogens is 200 g/mol. The van der Waals surface area contributed by atoms with E-state index in [-0.39, 0.29) is 6.04 Å². The lowest BCUT2D eigenvalue weighted by Crippen LogP contribution is -2.29. The van der Waals surface area contributed by atoms with E-state index in [0.717, 1.165) is 37.5 Å². The highest BCUT2D eigenvalue weighted by molar-refractivity contribution is 4.90. The van der Waals surface area contributed by atoms with Crippen molar-refractivity contribution in [3.05, 3.63) is 12.2 Å². The molecular formula is C12H22N4. The highest BCUT2D eigenvalue weighted by Crippen LogP contribution is 2.30. The van der Waals surface area contributed by atoms with Gasteiger partial charge in [-0.3, -0.25) is 4.68 Å². The number of rotatable bonds is 6. The first-order valence-electron chi connectivity index (χ1n) is 6.42. The van der Waals surface area contributed by atoms with E-state index in [0.29, 0.717) is 0 Å². The quantitative estimate of drug-likeness (QED) is 0.797. The lowest BCUT2D eigenvalue weighted by molar-refractivity contribution is 0.273.